The van der Waals surface area contributed by atoms with Crippen LogP contribution in [0.25, 0.3) is 0 Å². The summed E-state index contributed by atoms with van der Waals surface area (Å²) in [5.74, 6) is 0.0502. The summed E-state index contributed by atoms with van der Waals surface area (Å²) >= 11 is 3.36. The summed E-state index contributed by atoms with van der Waals surface area (Å²) in [6, 6.07) is 7.57. The standard InChI is InChI=1S/C12H16BrNO2/c1-16-8-3-2-7-12(15)14-11-6-4-5-10(13)9-11/h4-6,9H,2-3,7-8H2,1H3,(H,14,15). The molecule has 1 aromatic carbocycles. The number of ether oxygens (including phenoxy) is 1. The molecule has 0 aromatic heterocycles. The lowest BCUT2D eigenvalue weighted by Gasteiger charge is -2.05. The fraction of sp³-hybridized carbons (Fsp3) is 0.417. The summed E-state index contributed by atoms with van der Waals surface area (Å²) in [4.78, 5) is 11.5. The molecule has 0 heterocycles. The Morgan fingerprint density at radius 2 is 2.25 bits per heavy atom. The van der Waals surface area contributed by atoms with Crippen LogP contribution in [0.2, 0.25) is 0 Å². The first kappa shape index (κ1) is 13.2. The molecule has 0 saturated carbocycles. The molecule has 0 saturated heterocycles. The molecule has 0 aliphatic carbocycles. The molecule has 1 aromatic rings. The minimum Gasteiger partial charge on any atom is -0.385 e. The van der Waals surface area contributed by atoms with E-state index in [0.717, 1.165) is 23.0 Å². The van der Waals surface area contributed by atoms with Gasteiger partial charge in [-0.15, -0.1) is 0 Å². The molecule has 0 bridgehead atoms. The van der Waals surface area contributed by atoms with Crippen LogP contribution in [-0.2, 0) is 9.53 Å². The zero-order valence-corrected chi connectivity index (χ0v) is 10.9. The Morgan fingerprint density at radius 1 is 1.44 bits per heavy atom. The van der Waals surface area contributed by atoms with Crippen molar-refractivity contribution in [2.45, 2.75) is 19.3 Å². The van der Waals surface area contributed by atoms with Gasteiger partial charge in [-0.1, -0.05) is 22.0 Å². The Bertz CT molecular complexity index is 342. The molecule has 0 aliphatic rings. The second-order valence-corrected chi connectivity index (χ2v) is 4.42. The Hall–Kier alpha value is -0.870. The Balaban J connectivity index is 2.29. The number of carbonyl (C=O) groups is 1. The van der Waals surface area contributed by atoms with Crippen LogP contribution in [0.15, 0.2) is 28.7 Å². The zero-order chi connectivity index (χ0) is 11.8. The third kappa shape index (κ3) is 5.28. The van der Waals surface area contributed by atoms with E-state index in [-0.39, 0.29) is 5.91 Å². The highest BCUT2D eigenvalue weighted by Gasteiger charge is 2.02. The van der Waals surface area contributed by atoms with Gasteiger partial charge in [0, 0.05) is 30.3 Å². The van der Waals surface area contributed by atoms with Gasteiger partial charge in [-0.05, 0) is 31.0 Å². The van der Waals surface area contributed by atoms with Gasteiger partial charge in [0.15, 0.2) is 0 Å². The first-order chi connectivity index (χ1) is 7.72. The monoisotopic (exact) mass is 285 g/mol. The average molecular weight is 286 g/mol. The van der Waals surface area contributed by atoms with Crippen LogP contribution < -0.4 is 5.32 Å². The molecule has 0 spiro atoms. The number of methoxy groups -OCH3 is 1. The number of rotatable bonds is 6. The summed E-state index contributed by atoms with van der Waals surface area (Å²) in [5.41, 5.74) is 0.825. The van der Waals surface area contributed by atoms with Gasteiger partial charge >= 0.3 is 0 Å². The number of unbranched alkanes of at least 4 members (excludes halogenated alkanes) is 1. The second-order valence-electron chi connectivity index (χ2n) is 3.51. The second kappa shape index (κ2) is 7.41. The van der Waals surface area contributed by atoms with Crippen LogP contribution in [0.3, 0.4) is 0 Å². The van der Waals surface area contributed by atoms with Gasteiger partial charge < -0.3 is 10.1 Å². The van der Waals surface area contributed by atoms with Crippen LogP contribution in [0.5, 0.6) is 0 Å². The molecular formula is C12H16BrNO2. The molecule has 3 nitrogen and oxygen atoms in total. The number of anilines is 1. The molecule has 0 atom stereocenters. The lowest BCUT2D eigenvalue weighted by atomic mass is 10.2. The number of benzene rings is 1. The fourth-order valence-corrected chi connectivity index (χ4v) is 1.72. The van der Waals surface area contributed by atoms with Crippen molar-refractivity contribution in [2.75, 3.05) is 19.0 Å². The van der Waals surface area contributed by atoms with Crippen LogP contribution in [0, 0.1) is 0 Å². The maximum atomic E-state index is 11.5. The highest BCUT2D eigenvalue weighted by Crippen LogP contribution is 2.15. The van der Waals surface area contributed by atoms with Gasteiger partial charge in [0.1, 0.15) is 0 Å². The molecule has 1 N–H and O–H groups in total. The minimum atomic E-state index is 0.0502. The smallest absolute Gasteiger partial charge is 0.224 e. The first-order valence-corrected chi connectivity index (χ1v) is 6.06. The van der Waals surface area contributed by atoms with E-state index in [0.29, 0.717) is 13.0 Å². The Morgan fingerprint density at radius 3 is 2.94 bits per heavy atom. The van der Waals surface area contributed by atoms with Gasteiger partial charge in [-0.25, -0.2) is 0 Å². The quantitative estimate of drug-likeness (QED) is 0.815. The SMILES string of the molecule is COCCCCC(=O)Nc1cccc(Br)c1. The van der Waals surface area contributed by atoms with Crippen molar-refractivity contribution in [2.24, 2.45) is 0 Å². The van der Waals surface area contributed by atoms with Crippen LogP contribution in [-0.4, -0.2) is 19.6 Å². The lowest BCUT2D eigenvalue weighted by molar-refractivity contribution is -0.116. The van der Waals surface area contributed by atoms with Gasteiger partial charge in [0.25, 0.3) is 0 Å². The van der Waals surface area contributed by atoms with E-state index < -0.39 is 0 Å². The van der Waals surface area contributed by atoms with Crippen molar-refractivity contribution in [3.05, 3.63) is 28.7 Å². The Kier molecular flexibility index (Phi) is 6.11. The number of halogens is 1. The molecule has 1 amide bonds. The number of hydrogen-bond donors (Lipinski definition) is 1. The van der Waals surface area contributed by atoms with Crippen molar-refractivity contribution in [1.29, 1.82) is 0 Å². The zero-order valence-electron chi connectivity index (χ0n) is 9.33. The first-order valence-electron chi connectivity index (χ1n) is 5.26. The Labute approximate surface area is 104 Å². The number of amides is 1. The third-order valence-corrected chi connectivity index (χ3v) is 2.60. The molecule has 0 radical (unpaired) electrons. The van der Waals surface area contributed by atoms with Crippen LogP contribution >= 0.6 is 15.9 Å². The molecule has 0 unspecified atom stereocenters. The highest BCUT2D eigenvalue weighted by molar-refractivity contribution is 9.10. The van der Waals surface area contributed by atoms with Gasteiger partial charge in [-0.2, -0.15) is 0 Å². The summed E-state index contributed by atoms with van der Waals surface area (Å²) in [6.45, 7) is 0.712. The van der Waals surface area contributed by atoms with E-state index >= 15 is 0 Å². The van der Waals surface area contributed by atoms with E-state index in [1.807, 2.05) is 24.3 Å². The normalized spacial score (nSPS) is 10.1. The largest absolute Gasteiger partial charge is 0.385 e. The van der Waals surface area contributed by atoms with E-state index in [4.69, 9.17) is 4.74 Å². The molecular weight excluding hydrogens is 270 g/mol. The van der Waals surface area contributed by atoms with Crippen molar-refractivity contribution >= 4 is 27.5 Å². The summed E-state index contributed by atoms with van der Waals surface area (Å²) in [7, 11) is 1.67. The van der Waals surface area contributed by atoms with Crippen molar-refractivity contribution in [3.8, 4) is 0 Å². The van der Waals surface area contributed by atoms with Crippen LogP contribution in [0.4, 0.5) is 5.69 Å². The average Bonchev–Trinajstić information content (AvgIpc) is 2.24. The number of hydrogen-bond acceptors (Lipinski definition) is 2. The summed E-state index contributed by atoms with van der Waals surface area (Å²) < 4.78 is 5.88. The van der Waals surface area contributed by atoms with Gasteiger partial charge in [-0.3, -0.25) is 4.79 Å². The predicted octanol–water partition coefficient (Wildman–Crippen LogP) is 3.20. The molecule has 0 fully saturated rings. The summed E-state index contributed by atoms with van der Waals surface area (Å²) in [5, 5.41) is 2.85. The molecule has 4 heteroatoms. The van der Waals surface area contributed by atoms with Gasteiger partial charge in [0.2, 0.25) is 5.91 Å². The predicted molar refractivity (Wildman–Crippen MR) is 68.5 cm³/mol. The highest BCUT2D eigenvalue weighted by atomic mass is 79.9. The van der Waals surface area contributed by atoms with Crippen LogP contribution in [0.1, 0.15) is 19.3 Å². The number of carbonyl (C=O) groups excluding carboxylic acids is 1. The van der Waals surface area contributed by atoms with Gasteiger partial charge in [0.05, 0.1) is 0 Å². The van der Waals surface area contributed by atoms with E-state index in [2.05, 4.69) is 21.2 Å². The molecule has 0 aliphatic heterocycles. The molecule has 16 heavy (non-hydrogen) atoms. The summed E-state index contributed by atoms with van der Waals surface area (Å²) in [6.07, 6.45) is 2.31. The maximum Gasteiger partial charge on any atom is 0.224 e. The lowest BCUT2D eigenvalue weighted by Crippen LogP contribution is -2.11. The number of nitrogens with one attached hydrogen (secondary N) is 1. The fourth-order valence-electron chi connectivity index (χ4n) is 1.32. The minimum absolute atomic E-state index is 0.0502. The van der Waals surface area contributed by atoms with Crippen molar-refractivity contribution < 1.29 is 9.53 Å². The van der Waals surface area contributed by atoms with Crippen molar-refractivity contribution in [1.82, 2.24) is 0 Å². The van der Waals surface area contributed by atoms with E-state index in [1.54, 1.807) is 7.11 Å². The topological polar surface area (TPSA) is 38.3 Å². The molecule has 1 rings (SSSR count). The van der Waals surface area contributed by atoms with E-state index in [1.165, 1.54) is 0 Å². The maximum absolute atomic E-state index is 11.5. The third-order valence-electron chi connectivity index (χ3n) is 2.11. The molecule has 88 valence electrons. The van der Waals surface area contributed by atoms with E-state index in [9.17, 15) is 4.79 Å². The van der Waals surface area contributed by atoms with Crippen molar-refractivity contribution in [3.63, 3.8) is 0 Å².